The summed E-state index contributed by atoms with van der Waals surface area (Å²) in [7, 11) is 3.96. The van der Waals surface area contributed by atoms with E-state index in [-0.39, 0.29) is 36.8 Å². The van der Waals surface area contributed by atoms with Crippen LogP contribution in [0.25, 0.3) is 0 Å². The van der Waals surface area contributed by atoms with Crippen molar-refractivity contribution in [1.82, 2.24) is 24.7 Å². The van der Waals surface area contributed by atoms with Gasteiger partial charge in [-0.2, -0.15) is 0 Å². The summed E-state index contributed by atoms with van der Waals surface area (Å²) in [5, 5.41) is 3.37. The number of rotatable bonds is 5. The molecule has 2 heterocycles. The van der Waals surface area contributed by atoms with Gasteiger partial charge in [0.15, 0.2) is 0 Å². The number of nitrogens with one attached hydrogen (secondary N) is 1. The quantitative estimate of drug-likeness (QED) is 0.833. The number of imidazole rings is 1. The lowest BCUT2D eigenvalue weighted by Crippen LogP contribution is -2.51. The molecule has 0 spiro atoms. The Hall–Kier alpha value is -1.60. The lowest BCUT2D eigenvalue weighted by atomic mass is 10.1. The monoisotopic (exact) mass is 399 g/mol. The molecule has 2 aromatic rings. The van der Waals surface area contributed by atoms with E-state index < -0.39 is 0 Å². The Kier molecular flexibility index (Phi) is 9.08. The number of piperazine rings is 1. The summed E-state index contributed by atoms with van der Waals surface area (Å²) in [5.41, 5.74) is 1.22. The van der Waals surface area contributed by atoms with E-state index in [0.717, 1.165) is 32.0 Å². The van der Waals surface area contributed by atoms with Crippen LogP contribution in [0.1, 0.15) is 17.4 Å². The van der Waals surface area contributed by atoms with Crippen molar-refractivity contribution >= 4 is 30.7 Å². The van der Waals surface area contributed by atoms with Gasteiger partial charge in [0.1, 0.15) is 11.9 Å². The van der Waals surface area contributed by atoms with Gasteiger partial charge in [0.05, 0.1) is 6.54 Å². The van der Waals surface area contributed by atoms with Gasteiger partial charge in [0.25, 0.3) is 0 Å². The van der Waals surface area contributed by atoms with E-state index >= 15 is 0 Å². The minimum atomic E-state index is -0.00336. The zero-order valence-electron chi connectivity index (χ0n) is 15.2. The zero-order valence-corrected chi connectivity index (χ0v) is 16.8. The van der Waals surface area contributed by atoms with Gasteiger partial charge >= 0.3 is 0 Å². The van der Waals surface area contributed by atoms with E-state index in [1.54, 1.807) is 6.20 Å². The number of carbonyl (C=O) groups is 1. The molecule has 26 heavy (non-hydrogen) atoms. The molecule has 1 N–H and O–H groups in total. The molecule has 0 bridgehead atoms. The van der Waals surface area contributed by atoms with Gasteiger partial charge in [-0.3, -0.25) is 9.69 Å². The summed E-state index contributed by atoms with van der Waals surface area (Å²) in [6.45, 7) is 3.48. The average Bonchev–Trinajstić information content (AvgIpc) is 3.01. The van der Waals surface area contributed by atoms with Crippen LogP contribution in [0, 0.1) is 0 Å². The standard InChI is InChI=1S/C18H25N5O.2ClH/c1-21(13-15-6-4-3-5-7-15)14-17(24)23-11-8-19-12-16(23)18-20-9-10-22(18)2;;/h3-7,9-10,16,19H,8,11-14H2,1-2H3;2*1H. The molecule has 0 aliphatic carbocycles. The van der Waals surface area contributed by atoms with Crippen molar-refractivity contribution in [1.29, 1.82) is 0 Å². The van der Waals surface area contributed by atoms with E-state index in [0.29, 0.717) is 6.54 Å². The maximum Gasteiger partial charge on any atom is 0.237 e. The van der Waals surface area contributed by atoms with Crippen LogP contribution in [-0.4, -0.2) is 58.5 Å². The molecular weight excluding hydrogens is 373 g/mol. The fourth-order valence-electron chi connectivity index (χ4n) is 3.20. The first-order valence-electron chi connectivity index (χ1n) is 8.35. The van der Waals surface area contributed by atoms with E-state index in [1.165, 1.54) is 5.56 Å². The second kappa shape index (κ2) is 10.5. The summed E-state index contributed by atoms with van der Waals surface area (Å²) in [6, 6.07) is 10.2. The van der Waals surface area contributed by atoms with Crippen LogP contribution in [0.5, 0.6) is 0 Å². The van der Waals surface area contributed by atoms with Crippen LogP contribution < -0.4 is 5.32 Å². The van der Waals surface area contributed by atoms with Crippen LogP contribution in [-0.2, 0) is 18.4 Å². The topological polar surface area (TPSA) is 53.4 Å². The highest BCUT2D eigenvalue weighted by Crippen LogP contribution is 2.20. The molecule has 144 valence electrons. The summed E-state index contributed by atoms with van der Waals surface area (Å²) in [4.78, 5) is 21.3. The third-order valence-corrected chi connectivity index (χ3v) is 4.42. The molecular formula is C18H27Cl2N5O. The minimum absolute atomic E-state index is 0. The molecule has 3 rings (SSSR count). The molecule has 1 fully saturated rings. The van der Waals surface area contributed by atoms with Crippen LogP contribution in [0.2, 0.25) is 0 Å². The Morgan fingerprint density at radius 1 is 1.31 bits per heavy atom. The van der Waals surface area contributed by atoms with Gasteiger partial charge in [0, 0.05) is 45.6 Å². The van der Waals surface area contributed by atoms with Crippen molar-refractivity contribution < 1.29 is 4.79 Å². The SMILES string of the molecule is CN(CC(=O)N1CCNCC1c1nccn1C)Cc1ccccc1.Cl.Cl. The highest BCUT2D eigenvalue weighted by molar-refractivity contribution is 5.85. The largest absolute Gasteiger partial charge is 0.336 e. The summed E-state index contributed by atoms with van der Waals surface area (Å²) in [6.07, 6.45) is 3.71. The number of hydrogen-bond acceptors (Lipinski definition) is 4. The Balaban J connectivity index is 0.00000169. The Morgan fingerprint density at radius 3 is 2.69 bits per heavy atom. The predicted molar refractivity (Wildman–Crippen MR) is 108 cm³/mol. The molecule has 6 nitrogen and oxygen atoms in total. The van der Waals surface area contributed by atoms with Crippen molar-refractivity contribution in [3.8, 4) is 0 Å². The van der Waals surface area contributed by atoms with Gasteiger partial charge in [-0.1, -0.05) is 30.3 Å². The first-order valence-corrected chi connectivity index (χ1v) is 8.35. The molecule has 1 atom stereocenters. The van der Waals surface area contributed by atoms with Gasteiger partial charge in [0.2, 0.25) is 5.91 Å². The molecule has 1 aliphatic rings. The van der Waals surface area contributed by atoms with Crippen LogP contribution in [0.15, 0.2) is 42.7 Å². The maximum absolute atomic E-state index is 12.8. The number of likely N-dealkylation sites (N-methyl/N-ethyl adjacent to an activating group) is 1. The molecule has 1 aromatic heterocycles. The molecule has 0 saturated carbocycles. The van der Waals surface area contributed by atoms with E-state index in [1.807, 2.05) is 48.0 Å². The highest BCUT2D eigenvalue weighted by atomic mass is 35.5. The molecule has 8 heteroatoms. The zero-order chi connectivity index (χ0) is 16.9. The number of aromatic nitrogens is 2. The molecule has 1 aliphatic heterocycles. The fourth-order valence-corrected chi connectivity index (χ4v) is 3.20. The number of aryl methyl sites for hydroxylation is 1. The van der Waals surface area contributed by atoms with Gasteiger partial charge in [-0.15, -0.1) is 24.8 Å². The normalized spacial score (nSPS) is 16.7. The molecule has 1 unspecified atom stereocenters. The van der Waals surface area contributed by atoms with Crippen LogP contribution >= 0.6 is 24.8 Å². The Morgan fingerprint density at radius 2 is 2.04 bits per heavy atom. The van der Waals surface area contributed by atoms with Crippen molar-refractivity contribution in [2.45, 2.75) is 12.6 Å². The van der Waals surface area contributed by atoms with Crippen molar-refractivity contribution in [3.05, 3.63) is 54.1 Å². The number of carbonyl (C=O) groups excluding carboxylic acids is 1. The predicted octanol–water partition coefficient (Wildman–Crippen LogP) is 1.87. The smallest absolute Gasteiger partial charge is 0.237 e. The number of amides is 1. The Bertz CT molecular complexity index is 679. The fraction of sp³-hybridized carbons (Fsp3) is 0.444. The van der Waals surface area contributed by atoms with E-state index in [4.69, 9.17) is 0 Å². The number of halogens is 2. The van der Waals surface area contributed by atoms with Crippen molar-refractivity contribution in [3.63, 3.8) is 0 Å². The maximum atomic E-state index is 12.8. The van der Waals surface area contributed by atoms with Crippen LogP contribution in [0.3, 0.4) is 0 Å². The van der Waals surface area contributed by atoms with E-state index in [2.05, 4.69) is 27.3 Å². The minimum Gasteiger partial charge on any atom is -0.336 e. The number of benzene rings is 1. The highest BCUT2D eigenvalue weighted by Gasteiger charge is 2.30. The molecule has 0 radical (unpaired) electrons. The average molecular weight is 400 g/mol. The summed E-state index contributed by atoms with van der Waals surface area (Å²) in [5.74, 6) is 1.09. The van der Waals surface area contributed by atoms with Gasteiger partial charge in [-0.05, 0) is 12.6 Å². The molecule has 1 aromatic carbocycles. The molecule has 1 saturated heterocycles. The number of nitrogens with zero attached hydrogens (tertiary/aromatic N) is 4. The lowest BCUT2D eigenvalue weighted by molar-refractivity contribution is -0.135. The summed E-state index contributed by atoms with van der Waals surface area (Å²) >= 11 is 0. The first-order chi connectivity index (χ1) is 11.6. The Labute approximate surface area is 167 Å². The van der Waals surface area contributed by atoms with Gasteiger partial charge < -0.3 is 14.8 Å². The van der Waals surface area contributed by atoms with Crippen LogP contribution in [0.4, 0.5) is 0 Å². The van der Waals surface area contributed by atoms with Gasteiger partial charge in [-0.25, -0.2) is 4.98 Å². The number of hydrogen-bond donors (Lipinski definition) is 1. The van der Waals surface area contributed by atoms with Crippen molar-refractivity contribution in [2.75, 3.05) is 33.2 Å². The lowest BCUT2D eigenvalue weighted by Gasteiger charge is -2.36. The summed E-state index contributed by atoms with van der Waals surface area (Å²) < 4.78 is 1.99. The van der Waals surface area contributed by atoms with E-state index in [9.17, 15) is 4.79 Å². The second-order valence-corrected chi connectivity index (χ2v) is 6.36. The van der Waals surface area contributed by atoms with Crippen molar-refractivity contribution in [2.24, 2.45) is 7.05 Å². The third kappa shape index (κ3) is 5.45. The second-order valence-electron chi connectivity index (χ2n) is 6.36. The first kappa shape index (κ1) is 22.4. The third-order valence-electron chi connectivity index (χ3n) is 4.42. The molecule has 1 amide bonds.